The van der Waals surface area contributed by atoms with E-state index in [1.54, 1.807) is 13.0 Å². The Morgan fingerprint density at radius 1 is 1.20 bits per heavy atom. The van der Waals surface area contributed by atoms with E-state index in [9.17, 15) is 14.7 Å². The minimum atomic E-state index is -0.699. The Morgan fingerprint density at radius 2 is 1.85 bits per heavy atom. The summed E-state index contributed by atoms with van der Waals surface area (Å²) in [6, 6.07) is 3.62. The Balaban J connectivity index is 2.78. The maximum absolute atomic E-state index is 12.0. The number of methoxy groups -OCH3 is 1. The van der Waals surface area contributed by atoms with Crippen molar-refractivity contribution in [1.29, 1.82) is 0 Å². The van der Waals surface area contributed by atoms with Crippen molar-refractivity contribution in [3.8, 4) is 11.5 Å². The van der Waals surface area contributed by atoms with E-state index in [0.29, 0.717) is 5.75 Å². The number of hydrogen-bond acceptors (Lipinski definition) is 4. The third-order valence-corrected chi connectivity index (χ3v) is 2.62. The van der Waals surface area contributed by atoms with Crippen LogP contribution in [0.2, 0.25) is 0 Å². The zero-order valence-corrected chi connectivity index (χ0v) is 12.1. The van der Waals surface area contributed by atoms with Crippen molar-refractivity contribution in [2.45, 2.75) is 32.9 Å². The van der Waals surface area contributed by atoms with Crippen LogP contribution in [-0.4, -0.2) is 36.1 Å². The second-order valence-electron chi connectivity index (χ2n) is 4.74. The van der Waals surface area contributed by atoms with Crippen LogP contribution in [0.25, 0.3) is 0 Å². The quantitative estimate of drug-likeness (QED) is 0.752. The van der Waals surface area contributed by atoms with E-state index in [0.717, 1.165) is 0 Å². The van der Waals surface area contributed by atoms with Gasteiger partial charge in [-0.3, -0.25) is 9.59 Å². The smallest absolute Gasteiger partial charge is 0.255 e. The van der Waals surface area contributed by atoms with Crippen LogP contribution < -0.4 is 15.4 Å². The summed E-state index contributed by atoms with van der Waals surface area (Å²) in [7, 11) is 1.47. The van der Waals surface area contributed by atoms with Gasteiger partial charge in [-0.15, -0.1) is 0 Å². The van der Waals surface area contributed by atoms with Crippen molar-refractivity contribution in [2.24, 2.45) is 0 Å². The molecule has 110 valence electrons. The van der Waals surface area contributed by atoms with Gasteiger partial charge in [-0.05, 0) is 39.0 Å². The molecule has 1 unspecified atom stereocenters. The fourth-order valence-corrected chi connectivity index (χ4v) is 1.57. The maximum Gasteiger partial charge on any atom is 0.255 e. The van der Waals surface area contributed by atoms with E-state index >= 15 is 0 Å². The van der Waals surface area contributed by atoms with Gasteiger partial charge in [-0.2, -0.15) is 0 Å². The van der Waals surface area contributed by atoms with Crippen LogP contribution >= 0.6 is 0 Å². The van der Waals surface area contributed by atoms with Gasteiger partial charge in [0.2, 0.25) is 5.91 Å². The third kappa shape index (κ3) is 4.15. The number of phenols is 1. The van der Waals surface area contributed by atoms with Crippen molar-refractivity contribution in [3.05, 3.63) is 23.8 Å². The topological polar surface area (TPSA) is 87.7 Å². The van der Waals surface area contributed by atoms with Crippen molar-refractivity contribution in [1.82, 2.24) is 10.6 Å². The molecule has 1 rings (SSSR count). The predicted octanol–water partition coefficient (Wildman–Crippen LogP) is 1.04. The number of aromatic hydroxyl groups is 1. The van der Waals surface area contributed by atoms with Gasteiger partial charge in [0.25, 0.3) is 5.91 Å². The Kier molecular flexibility index (Phi) is 5.37. The van der Waals surface area contributed by atoms with Gasteiger partial charge in [0.05, 0.1) is 12.7 Å². The van der Waals surface area contributed by atoms with Gasteiger partial charge in [0, 0.05) is 6.04 Å². The summed E-state index contributed by atoms with van der Waals surface area (Å²) in [5, 5.41) is 14.9. The number of carbonyl (C=O) groups is 2. The highest BCUT2D eigenvalue weighted by Gasteiger charge is 2.19. The summed E-state index contributed by atoms with van der Waals surface area (Å²) in [6.07, 6.45) is 0. The first-order chi connectivity index (χ1) is 9.35. The highest BCUT2D eigenvalue weighted by atomic mass is 16.5. The molecule has 0 aliphatic heterocycles. The Morgan fingerprint density at radius 3 is 2.40 bits per heavy atom. The molecule has 6 heteroatoms. The molecule has 0 aromatic heterocycles. The lowest BCUT2D eigenvalue weighted by atomic mass is 10.1. The average molecular weight is 280 g/mol. The molecule has 1 atom stereocenters. The van der Waals surface area contributed by atoms with Crippen molar-refractivity contribution in [3.63, 3.8) is 0 Å². The van der Waals surface area contributed by atoms with Crippen molar-refractivity contribution in [2.75, 3.05) is 7.11 Å². The first kappa shape index (κ1) is 15.8. The molecule has 0 fully saturated rings. The molecule has 0 bridgehead atoms. The monoisotopic (exact) mass is 280 g/mol. The van der Waals surface area contributed by atoms with Gasteiger partial charge >= 0.3 is 0 Å². The maximum atomic E-state index is 12.0. The number of nitrogens with one attached hydrogen (secondary N) is 2. The molecule has 0 saturated carbocycles. The molecule has 0 aliphatic rings. The van der Waals surface area contributed by atoms with Gasteiger partial charge in [-0.1, -0.05) is 0 Å². The number of carbonyl (C=O) groups excluding carboxylic acids is 2. The SMILES string of the molecule is COc1ccc(O)c(C(=O)NC(C)C(=O)NC(C)C)c1. The van der Waals surface area contributed by atoms with Crippen molar-refractivity contribution >= 4 is 11.8 Å². The molecule has 1 aromatic rings. The van der Waals surface area contributed by atoms with Crippen LogP contribution in [-0.2, 0) is 4.79 Å². The van der Waals surface area contributed by atoms with Gasteiger partial charge < -0.3 is 20.5 Å². The lowest BCUT2D eigenvalue weighted by Gasteiger charge is -2.16. The minimum Gasteiger partial charge on any atom is -0.507 e. The molecule has 1 aromatic carbocycles. The lowest BCUT2D eigenvalue weighted by Crippen LogP contribution is -2.46. The third-order valence-electron chi connectivity index (χ3n) is 2.62. The van der Waals surface area contributed by atoms with Crippen LogP contribution in [0.3, 0.4) is 0 Å². The normalized spacial score (nSPS) is 11.8. The molecule has 3 N–H and O–H groups in total. The molecule has 0 aliphatic carbocycles. The van der Waals surface area contributed by atoms with Crippen LogP contribution in [0.4, 0.5) is 0 Å². The summed E-state index contributed by atoms with van der Waals surface area (Å²) in [4.78, 5) is 23.7. The number of amides is 2. The fourth-order valence-electron chi connectivity index (χ4n) is 1.57. The minimum absolute atomic E-state index is 0.00734. The number of hydrogen-bond donors (Lipinski definition) is 3. The van der Waals surface area contributed by atoms with E-state index in [4.69, 9.17) is 4.74 Å². The summed E-state index contributed by atoms with van der Waals surface area (Å²) >= 11 is 0. The van der Waals surface area contributed by atoms with E-state index in [1.165, 1.54) is 19.2 Å². The Hall–Kier alpha value is -2.24. The van der Waals surface area contributed by atoms with Crippen LogP contribution in [0, 0.1) is 0 Å². The second kappa shape index (κ2) is 6.79. The molecular formula is C14H20N2O4. The predicted molar refractivity (Wildman–Crippen MR) is 74.9 cm³/mol. The average Bonchev–Trinajstić information content (AvgIpc) is 2.38. The molecule has 6 nitrogen and oxygen atoms in total. The molecular weight excluding hydrogens is 260 g/mol. The standard InChI is InChI=1S/C14H20N2O4/c1-8(2)15-13(18)9(3)16-14(19)11-7-10(20-4)5-6-12(11)17/h5-9,17H,1-4H3,(H,15,18)(H,16,19). The van der Waals surface area contributed by atoms with Crippen molar-refractivity contribution < 1.29 is 19.4 Å². The Bertz CT molecular complexity index is 500. The molecule has 0 heterocycles. The zero-order chi connectivity index (χ0) is 15.3. The molecule has 2 amide bonds. The summed E-state index contributed by atoms with van der Waals surface area (Å²) < 4.78 is 4.99. The number of rotatable bonds is 5. The van der Waals surface area contributed by atoms with Gasteiger partial charge in [0.1, 0.15) is 17.5 Å². The van der Waals surface area contributed by atoms with Crippen LogP contribution in [0.15, 0.2) is 18.2 Å². The fraction of sp³-hybridized carbons (Fsp3) is 0.429. The highest BCUT2D eigenvalue weighted by Crippen LogP contribution is 2.22. The number of benzene rings is 1. The summed E-state index contributed by atoms with van der Waals surface area (Å²) in [5.74, 6) is -0.532. The highest BCUT2D eigenvalue weighted by molar-refractivity contribution is 5.99. The summed E-state index contributed by atoms with van der Waals surface area (Å²) in [6.45, 7) is 5.24. The molecule has 0 spiro atoms. The largest absolute Gasteiger partial charge is 0.507 e. The number of ether oxygens (including phenoxy) is 1. The molecule has 20 heavy (non-hydrogen) atoms. The first-order valence-corrected chi connectivity index (χ1v) is 6.33. The lowest BCUT2D eigenvalue weighted by molar-refractivity contribution is -0.123. The van der Waals surface area contributed by atoms with Gasteiger partial charge in [0.15, 0.2) is 0 Å². The number of phenolic OH excluding ortho intramolecular Hbond substituents is 1. The van der Waals surface area contributed by atoms with Gasteiger partial charge in [-0.25, -0.2) is 0 Å². The second-order valence-corrected chi connectivity index (χ2v) is 4.74. The van der Waals surface area contributed by atoms with E-state index in [2.05, 4.69) is 10.6 Å². The molecule has 0 saturated heterocycles. The van der Waals surface area contributed by atoms with Crippen LogP contribution in [0.5, 0.6) is 11.5 Å². The zero-order valence-electron chi connectivity index (χ0n) is 12.1. The van der Waals surface area contributed by atoms with E-state index in [-0.39, 0.29) is 23.3 Å². The first-order valence-electron chi connectivity index (χ1n) is 6.33. The summed E-state index contributed by atoms with van der Waals surface area (Å²) in [5.41, 5.74) is 0.0635. The molecule has 0 radical (unpaired) electrons. The van der Waals surface area contributed by atoms with Crippen LogP contribution in [0.1, 0.15) is 31.1 Å². The van der Waals surface area contributed by atoms with E-state index in [1.807, 2.05) is 13.8 Å². The Labute approximate surface area is 118 Å². The van der Waals surface area contributed by atoms with E-state index < -0.39 is 11.9 Å².